The number of fused-ring (bicyclic) bond motifs is 1. The zero-order valence-electron chi connectivity index (χ0n) is 20.9. The Balaban J connectivity index is 1.89. The van der Waals surface area contributed by atoms with E-state index in [1.54, 1.807) is 37.3 Å². The highest BCUT2D eigenvalue weighted by Crippen LogP contribution is 2.27. The van der Waals surface area contributed by atoms with E-state index in [-0.39, 0.29) is 29.9 Å². The van der Waals surface area contributed by atoms with Gasteiger partial charge in [-0.1, -0.05) is 37.3 Å². The molecule has 2 aromatic carbocycles. The number of rotatable bonds is 5. The minimum absolute atomic E-state index is 0.0946. The topological polar surface area (TPSA) is 71.1 Å². The number of carbonyl (C=O) groups is 2. The maximum absolute atomic E-state index is 13.3. The van der Waals surface area contributed by atoms with E-state index in [4.69, 9.17) is 9.47 Å². The lowest BCUT2D eigenvalue weighted by atomic mass is 10.0. The number of benzene rings is 2. The van der Waals surface area contributed by atoms with Crippen molar-refractivity contribution in [3.63, 3.8) is 0 Å². The smallest absolute Gasteiger partial charge is 0.257 e. The summed E-state index contributed by atoms with van der Waals surface area (Å²) < 4.78 is 12.0. The van der Waals surface area contributed by atoms with Crippen LogP contribution < -0.4 is 10.1 Å². The SMILES string of the molecule is CO[C@H]1CN(C)C(=O)c2ccc(NC(C)=O)cc2OC[C@H](C)N(CCc2ccccc2)C[C@H]1C. The van der Waals surface area contributed by atoms with Crippen molar-refractivity contribution in [3.05, 3.63) is 59.7 Å². The van der Waals surface area contributed by atoms with Gasteiger partial charge in [-0.3, -0.25) is 14.5 Å². The van der Waals surface area contributed by atoms with Crippen molar-refractivity contribution < 1.29 is 19.1 Å². The van der Waals surface area contributed by atoms with Crippen LogP contribution in [0.3, 0.4) is 0 Å². The third-order valence-electron chi connectivity index (χ3n) is 6.43. The fraction of sp³-hybridized carbons (Fsp3) is 0.481. The van der Waals surface area contributed by atoms with Crippen molar-refractivity contribution in [1.82, 2.24) is 9.80 Å². The summed E-state index contributed by atoms with van der Waals surface area (Å²) in [5.41, 5.74) is 2.38. The Morgan fingerprint density at radius 1 is 1.15 bits per heavy atom. The number of likely N-dealkylation sites (N-methyl/N-ethyl adjacent to an activating group) is 1. The molecule has 1 aliphatic rings. The first-order valence-electron chi connectivity index (χ1n) is 11.9. The Hall–Kier alpha value is -2.90. The van der Waals surface area contributed by atoms with Crippen LogP contribution in [0.5, 0.6) is 5.75 Å². The summed E-state index contributed by atoms with van der Waals surface area (Å²) in [4.78, 5) is 28.9. The molecule has 1 N–H and O–H groups in total. The molecule has 34 heavy (non-hydrogen) atoms. The Bertz CT molecular complexity index is 966. The molecule has 1 aliphatic heterocycles. The van der Waals surface area contributed by atoms with Gasteiger partial charge in [0.15, 0.2) is 0 Å². The van der Waals surface area contributed by atoms with Crippen LogP contribution in [0, 0.1) is 5.92 Å². The first kappa shape index (κ1) is 25.7. The Morgan fingerprint density at radius 2 is 1.88 bits per heavy atom. The zero-order chi connectivity index (χ0) is 24.7. The quantitative estimate of drug-likeness (QED) is 0.726. The second-order valence-corrected chi connectivity index (χ2v) is 9.22. The first-order chi connectivity index (χ1) is 16.3. The van der Waals surface area contributed by atoms with E-state index in [0.29, 0.717) is 30.2 Å². The number of anilines is 1. The molecule has 0 bridgehead atoms. The number of amides is 2. The van der Waals surface area contributed by atoms with Crippen LogP contribution in [0.15, 0.2) is 48.5 Å². The maximum atomic E-state index is 13.3. The second kappa shape index (κ2) is 12.0. The van der Waals surface area contributed by atoms with E-state index in [0.717, 1.165) is 19.5 Å². The number of hydrogen-bond donors (Lipinski definition) is 1. The normalized spacial score (nSPS) is 22.2. The molecule has 2 aromatic rings. The molecule has 0 spiro atoms. The first-order valence-corrected chi connectivity index (χ1v) is 11.9. The largest absolute Gasteiger partial charge is 0.491 e. The minimum atomic E-state index is -0.172. The van der Waals surface area contributed by atoms with E-state index in [9.17, 15) is 9.59 Å². The van der Waals surface area contributed by atoms with Gasteiger partial charge in [0.1, 0.15) is 12.4 Å². The van der Waals surface area contributed by atoms with Crippen molar-refractivity contribution in [2.75, 3.05) is 45.7 Å². The van der Waals surface area contributed by atoms with Crippen molar-refractivity contribution >= 4 is 17.5 Å². The standard InChI is InChI=1S/C27H37N3O4/c1-19-16-30(14-13-22-9-7-6-8-10-22)20(2)18-34-25-15-23(28-21(3)31)11-12-24(25)27(32)29(4)17-26(19)33-5/h6-12,15,19-20,26H,13-14,16-18H2,1-5H3,(H,28,31)/t19-,20+,26+/m1/s1. The van der Waals surface area contributed by atoms with Crippen LogP contribution in [0.2, 0.25) is 0 Å². The molecule has 0 saturated heterocycles. The molecular formula is C27H37N3O4. The number of nitrogens with zero attached hydrogens (tertiary/aromatic N) is 2. The molecule has 1 heterocycles. The second-order valence-electron chi connectivity index (χ2n) is 9.22. The lowest BCUT2D eigenvalue weighted by Gasteiger charge is -2.36. The van der Waals surface area contributed by atoms with Crippen molar-refractivity contribution in [3.8, 4) is 5.75 Å². The highest BCUT2D eigenvalue weighted by molar-refractivity contribution is 5.98. The third kappa shape index (κ3) is 6.81. The highest BCUT2D eigenvalue weighted by Gasteiger charge is 2.28. The summed E-state index contributed by atoms with van der Waals surface area (Å²) >= 11 is 0. The van der Waals surface area contributed by atoms with Crippen LogP contribution in [-0.4, -0.2) is 74.2 Å². The Labute approximate surface area is 203 Å². The van der Waals surface area contributed by atoms with Gasteiger partial charge in [0, 0.05) is 58.5 Å². The molecule has 184 valence electrons. The van der Waals surface area contributed by atoms with Gasteiger partial charge < -0.3 is 19.7 Å². The molecule has 7 heteroatoms. The van der Waals surface area contributed by atoms with Crippen molar-refractivity contribution in [2.45, 2.75) is 39.3 Å². The van der Waals surface area contributed by atoms with Gasteiger partial charge in [-0.15, -0.1) is 0 Å². The van der Waals surface area contributed by atoms with E-state index >= 15 is 0 Å². The molecule has 0 saturated carbocycles. The average Bonchev–Trinajstić information content (AvgIpc) is 2.82. The number of carbonyl (C=O) groups excluding carboxylic acids is 2. The van der Waals surface area contributed by atoms with Gasteiger partial charge in [-0.25, -0.2) is 0 Å². The Morgan fingerprint density at radius 3 is 2.56 bits per heavy atom. The summed E-state index contributed by atoms with van der Waals surface area (Å²) in [7, 11) is 3.49. The van der Waals surface area contributed by atoms with Crippen LogP contribution >= 0.6 is 0 Å². The monoisotopic (exact) mass is 467 g/mol. The Kier molecular flexibility index (Phi) is 9.07. The molecule has 3 atom stereocenters. The molecule has 0 fully saturated rings. The molecule has 2 amide bonds. The molecule has 0 aromatic heterocycles. The van der Waals surface area contributed by atoms with Gasteiger partial charge in [0.2, 0.25) is 5.91 Å². The van der Waals surface area contributed by atoms with Gasteiger partial charge in [-0.05, 0) is 37.0 Å². The summed E-state index contributed by atoms with van der Waals surface area (Å²) in [6.45, 7) is 8.40. The zero-order valence-corrected chi connectivity index (χ0v) is 20.9. The number of hydrogen-bond acceptors (Lipinski definition) is 5. The molecule has 0 aliphatic carbocycles. The maximum Gasteiger partial charge on any atom is 0.257 e. The summed E-state index contributed by atoms with van der Waals surface area (Å²) in [6.07, 6.45) is 0.847. The molecule has 3 rings (SSSR count). The van der Waals surface area contributed by atoms with Crippen LogP contribution in [-0.2, 0) is 16.0 Å². The van der Waals surface area contributed by atoms with Crippen LogP contribution in [0.4, 0.5) is 5.69 Å². The van der Waals surface area contributed by atoms with Gasteiger partial charge in [-0.2, -0.15) is 0 Å². The molecular weight excluding hydrogens is 430 g/mol. The number of methoxy groups -OCH3 is 1. The van der Waals surface area contributed by atoms with Crippen molar-refractivity contribution in [1.29, 1.82) is 0 Å². The highest BCUT2D eigenvalue weighted by atomic mass is 16.5. The van der Waals surface area contributed by atoms with E-state index in [1.807, 2.05) is 6.07 Å². The van der Waals surface area contributed by atoms with E-state index in [1.165, 1.54) is 12.5 Å². The fourth-order valence-corrected chi connectivity index (χ4v) is 4.36. The predicted molar refractivity (Wildman–Crippen MR) is 134 cm³/mol. The van der Waals surface area contributed by atoms with Crippen LogP contribution in [0.25, 0.3) is 0 Å². The van der Waals surface area contributed by atoms with Gasteiger partial charge >= 0.3 is 0 Å². The minimum Gasteiger partial charge on any atom is -0.491 e. The van der Waals surface area contributed by atoms with Gasteiger partial charge in [0.25, 0.3) is 5.91 Å². The van der Waals surface area contributed by atoms with E-state index in [2.05, 4.69) is 48.3 Å². The summed E-state index contributed by atoms with van der Waals surface area (Å²) in [5.74, 6) is 0.391. The fourth-order valence-electron chi connectivity index (χ4n) is 4.36. The van der Waals surface area contributed by atoms with Crippen LogP contribution in [0.1, 0.15) is 36.7 Å². The number of ether oxygens (including phenoxy) is 2. The summed E-state index contributed by atoms with van der Waals surface area (Å²) in [6, 6.07) is 15.8. The average molecular weight is 468 g/mol. The lowest BCUT2D eigenvalue weighted by molar-refractivity contribution is -0.114. The third-order valence-corrected chi connectivity index (χ3v) is 6.43. The molecule has 0 radical (unpaired) electrons. The number of nitrogens with one attached hydrogen (secondary N) is 1. The molecule has 7 nitrogen and oxygen atoms in total. The van der Waals surface area contributed by atoms with Crippen molar-refractivity contribution in [2.24, 2.45) is 5.92 Å². The van der Waals surface area contributed by atoms with Gasteiger partial charge in [0.05, 0.1) is 11.7 Å². The molecule has 0 unspecified atom stereocenters. The lowest BCUT2D eigenvalue weighted by Crippen LogP contribution is -2.47. The summed E-state index contributed by atoms with van der Waals surface area (Å²) in [5, 5.41) is 2.77. The predicted octanol–water partition coefficient (Wildman–Crippen LogP) is 3.69. The van der Waals surface area contributed by atoms with E-state index < -0.39 is 0 Å².